The highest BCUT2D eigenvalue weighted by Crippen LogP contribution is 2.13. The van der Waals surface area contributed by atoms with Crippen LogP contribution in [0.3, 0.4) is 0 Å². The molecule has 21 heavy (non-hydrogen) atoms. The quantitative estimate of drug-likeness (QED) is 0.801. The van der Waals surface area contributed by atoms with E-state index in [9.17, 15) is 13.2 Å². The summed E-state index contributed by atoms with van der Waals surface area (Å²) in [5.74, 6) is -0.0911. The Kier molecular flexibility index (Phi) is 6.36. The second-order valence-electron chi connectivity index (χ2n) is 5.71. The van der Waals surface area contributed by atoms with Crippen LogP contribution in [0.15, 0.2) is 18.2 Å². The molecule has 0 atom stereocenters. The molecule has 118 valence electrons. The predicted octanol–water partition coefficient (Wildman–Crippen LogP) is 1.50. The lowest BCUT2D eigenvalue weighted by Crippen LogP contribution is -2.38. The van der Waals surface area contributed by atoms with Crippen LogP contribution in [-0.4, -0.2) is 27.4 Å². The Morgan fingerprint density at radius 3 is 2.52 bits per heavy atom. The fourth-order valence-corrected chi connectivity index (χ4v) is 2.94. The molecule has 6 heteroatoms. The molecule has 0 unspecified atom stereocenters. The Hall–Kier alpha value is -1.40. The van der Waals surface area contributed by atoms with Gasteiger partial charge in [-0.1, -0.05) is 37.6 Å². The summed E-state index contributed by atoms with van der Waals surface area (Å²) >= 11 is 0. The summed E-state index contributed by atoms with van der Waals surface area (Å²) in [6.07, 6.45) is 0. The van der Waals surface area contributed by atoms with Crippen LogP contribution >= 0.6 is 0 Å². The molecule has 0 fully saturated rings. The van der Waals surface area contributed by atoms with E-state index in [1.54, 1.807) is 0 Å². The molecule has 0 radical (unpaired) electrons. The smallest absolute Gasteiger partial charge is 0.235 e. The van der Waals surface area contributed by atoms with E-state index in [0.717, 1.165) is 16.7 Å². The van der Waals surface area contributed by atoms with Gasteiger partial charge in [0.15, 0.2) is 0 Å². The molecule has 0 heterocycles. The van der Waals surface area contributed by atoms with Gasteiger partial charge >= 0.3 is 0 Å². The third-order valence-corrected chi connectivity index (χ3v) is 4.29. The lowest BCUT2D eigenvalue weighted by molar-refractivity contribution is -0.120. The zero-order valence-corrected chi connectivity index (χ0v) is 13.9. The Balaban J connectivity index is 2.58. The molecule has 0 spiro atoms. The number of carbonyl (C=O) groups excluding carboxylic acids is 1. The topological polar surface area (TPSA) is 75.3 Å². The number of benzene rings is 1. The maximum absolute atomic E-state index is 12.0. The highest BCUT2D eigenvalue weighted by Gasteiger charge is 2.15. The van der Waals surface area contributed by atoms with Crippen molar-refractivity contribution >= 4 is 15.9 Å². The van der Waals surface area contributed by atoms with Gasteiger partial charge in [0.1, 0.15) is 0 Å². The molecule has 1 amide bonds. The van der Waals surface area contributed by atoms with Gasteiger partial charge in [-0.15, -0.1) is 0 Å². The van der Waals surface area contributed by atoms with Crippen molar-refractivity contribution in [3.05, 3.63) is 34.9 Å². The second kappa shape index (κ2) is 7.56. The van der Waals surface area contributed by atoms with E-state index in [1.165, 1.54) is 0 Å². The molecule has 2 N–H and O–H groups in total. The first kappa shape index (κ1) is 17.7. The standard InChI is InChI=1S/C15H24N2O3S/c1-11(2)8-16-15(18)9-17-21(19,20)10-14-7-12(3)5-6-13(14)4/h5-7,11,17H,8-10H2,1-4H3,(H,16,18). The molecule has 1 rings (SSSR count). The van der Waals surface area contributed by atoms with E-state index in [2.05, 4.69) is 10.0 Å². The SMILES string of the molecule is Cc1ccc(C)c(CS(=O)(=O)NCC(=O)NCC(C)C)c1. The van der Waals surface area contributed by atoms with E-state index in [4.69, 9.17) is 0 Å². The molecule has 0 aliphatic heterocycles. The van der Waals surface area contributed by atoms with Gasteiger partial charge in [0.25, 0.3) is 0 Å². The number of hydrogen-bond acceptors (Lipinski definition) is 3. The third-order valence-electron chi connectivity index (χ3n) is 3.01. The minimum atomic E-state index is -3.52. The Labute approximate surface area is 127 Å². The van der Waals surface area contributed by atoms with Crippen LogP contribution in [0.25, 0.3) is 0 Å². The lowest BCUT2D eigenvalue weighted by Gasteiger charge is -2.11. The molecule has 1 aromatic rings. The normalized spacial score (nSPS) is 11.7. The number of sulfonamides is 1. The van der Waals surface area contributed by atoms with Crippen molar-refractivity contribution in [1.82, 2.24) is 10.0 Å². The fourth-order valence-electron chi connectivity index (χ4n) is 1.77. The van der Waals surface area contributed by atoms with Crippen LogP contribution in [0.1, 0.15) is 30.5 Å². The summed E-state index contributed by atoms with van der Waals surface area (Å²) in [7, 11) is -3.52. The maximum Gasteiger partial charge on any atom is 0.235 e. The zero-order valence-electron chi connectivity index (χ0n) is 13.1. The van der Waals surface area contributed by atoms with Crippen molar-refractivity contribution in [3.63, 3.8) is 0 Å². The first-order chi connectivity index (χ1) is 9.69. The van der Waals surface area contributed by atoms with Gasteiger partial charge < -0.3 is 5.32 Å². The highest BCUT2D eigenvalue weighted by atomic mass is 32.2. The minimum absolute atomic E-state index is 0.113. The van der Waals surface area contributed by atoms with E-state index < -0.39 is 10.0 Å². The lowest BCUT2D eigenvalue weighted by atomic mass is 10.1. The van der Waals surface area contributed by atoms with Crippen LogP contribution in [-0.2, 0) is 20.6 Å². The Morgan fingerprint density at radius 2 is 1.90 bits per heavy atom. The van der Waals surface area contributed by atoms with Crippen molar-refractivity contribution in [2.75, 3.05) is 13.1 Å². The predicted molar refractivity (Wildman–Crippen MR) is 84.4 cm³/mol. The molecule has 0 aromatic heterocycles. The Morgan fingerprint density at radius 1 is 1.24 bits per heavy atom. The zero-order chi connectivity index (χ0) is 16.0. The fraction of sp³-hybridized carbons (Fsp3) is 0.533. The van der Waals surface area contributed by atoms with Crippen LogP contribution < -0.4 is 10.0 Å². The van der Waals surface area contributed by atoms with Crippen LogP contribution in [0.4, 0.5) is 0 Å². The summed E-state index contributed by atoms with van der Waals surface area (Å²) < 4.78 is 26.4. The average Bonchev–Trinajstić information content (AvgIpc) is 2.38. The van der Waals surface area contributed by atoms with Gasteiger partial charge in [-0.05, 0) is 30.9 Å². The summed E-state index contributed by atoms with van der Waals surface area (Å²) in [6, 6.07) is 5.70. The van der Waals surface area contributed by atoms with Gasteiger partial charge in [-0.25, -0.2) is 13.1 Å². The van der Waals surface area contributed by atoms with Gasteiger partial charge in [-0.3, -0.25) is 4.79 Å². The molecule has 1 aromatic carbocycles. The summed E-state index contributed by atoms with van der Waals surface area (Å²) in [5.41, 5.74) is 2.70. The molecule has 5 nitrogen and oxygen atoms in total. The number of carbonyl (C=O) groups is 1. The van der Waals surface area contributed by atoms with Crippen molar-refractivity contribution in [1.29, 1.82) is 0 Å². The first-order valence-electron chi connectivity index (χ1n) is 7.00. The number of nitrogens with one attached hydrogen (secondary N) is 2. The highest BCUT2D eigenvalue weighted by molar-refractivity contribution is 7.88. The molecular formula is C15H24N2O3S. The van der Waals surface area contributed by atoms with Crippen LogP contribution in [0.2, 0.25) is 0 Å². The van der Waals surface area contributed by atoms with Crippen LogP contribution in [0, 0.1) is 19.8 Å². The van der Waals surface area contributed by atoms with Crippen molar-refractivity contribution < 1.29 is 13.2 Å². The van der Waals surface area contributed by atoms with Gasteiger partial charge in [0.05, 0.1) is 12.3 Å². The van der Waals surface area contributed by atoms with E-state index in [0.29, 0.717) is 12.5 Å². The number of aryl methyl sites for hydroxylation is 2. The molecule has 0 saturated heterocycles. The minimum Gasteiger partial charge on any atom is -0.355 e. The summed E-state index contributed by atoms with van der Waals surface area (Å²) in [5, 5.41) is 2.67. The van der Waals surface area contributed by atoms with Crippen molar-refractivity contribution in [3.8, 4) is 0 Å². The summed E-state index contributed by atoms with van der Waals surface area (Å²) in [4.78, 5) is 11.5. The van der Waals surface area contributed by atoms with Gasteiger partial charge in [-0.2, -0.15) is 0 Å². The summed E-state index contributed by atoms with van der Waals surface area (Å²) in [6.45, 7) is 8.06. The molecule has 0 bridgehead atoms. The van der Waals surface area contributed by atoms with Gasteiger partial charge in [0, 0.05) is 6.54 Å². The van der Waals surface area contributed by atoms with E-state index >= 15 is 0 Å². The van der Waals surface area contributed by atoms with E-state index in [-0.39, 0.29) is 18.2 Å². The van der Waals surface area contributed by atoms with Gasteiger partial charge in [0.2, 0.25) is 15.9 Å². The Bertz CT molecular complexity index is 595. The average molecular weight is 312 g/mol. The first-order valence-corrected chi connectivity index (χ1v) is 8.65. The molecule has 0 aliphatic rings. The van der Waals surface area contributed by atoms with E-state index in [1.807, 2.05) is 45.9 Å². The second-order valence-corrected chi connectivity index (χ2v) is 7.51. The molecule has 0 saturated carbocycles. The largest absolute Gasteiger partial charge is 0.355 e. The third kappa shape index (κ3) is 6.73. The molecular weight excluding hydrogens is 288 g/mol. The number of amides is 1. The maximum atomic E-state index is 12.0. The van der Waals surface area contributed by atoms with Crippen molar-refractivity contribution in [2.24, 2.45) is 5.92 Å². The van der Waals surface area contributed by atoms with Crippen LogP contribution in [0.5, 0.6) is 0 Å². The number of rotatable bonds is 7. The molecule has 0 aliphatic carbocycles. The number of hydrogen-bond donors (Lipinski definition) is 2. The van der Waals surface area contributed by atoms with Crippen molar-refractivity contribution in [2.45, 2.75) is 33.4 Å². The monoisotopic (exact) mass is 312 g/mol.